The maximum absolute atomic E-state index is 11.4. The lowest BCUT2D eigenvalue weighted by Gasteiger charge is -2.16. The predicted molar refractivity (Wildman–Crippen MR) is 87.4 cm³/mol. The van der Waals surface area contributed by atoms with E-state index in [1.807, 2.05) is 60.7 Å². The summed E-state index contributed by atoms with van der Waals surface area (Å²) in [7, 11) is 0. The van der Waals surface area contributed by atoms with E-state index >= 15 is 0 Å². The normalized spacial score (nSPS) is 11.6. The second-order valence-electron chi connectivity index (χ2n) is 4.81. The van der Waals surface area contributed by atoms with Gasteiger partial charge in [-0.15, -0.1) is 0 Å². The maximum atomic E-state index is 11.4. The van der Waals surface area contributed by atoms with Crippen LogP contribution in [0.5, 0.6) is 0 Å². The van der Waals surface area contributed by atoms with E-state index < -0.39 is 12.0 Å². The first-order valence-electron chi connectivity index (χ1n) is 6.75. The molecule has 0 aliphatic rings. The summed E-state index contributed by atoms with van der Waals surface area (Å²) in [6, 6.07) is 18.6. The molecule has 21 heavy (non-hydrogen) atoms. The average molecular weight is 299 g/mol. The molecule has 0 saturated heterocycles. The summed E-state index contributed by atoms with van der Waals surface area (Å²) in [5, 5.41) is 12.3. The number of carboxylic acid groups (broad SMARTS) is 1. The van der Waals surface area contributed by atoms with E-state index in [9.17, 15) is 9.90 Å². The Labute approximate surface area is 129 Å². The lowest BCUT2D eigenvalue weighted by molar-refractivity contribution is -0.139. The van der Waals surface area contributed by atoms with Gasteiger partial charge in [-0.3, -0.25) is 0 Å². The van der Waals surface area contributed by atoms with Gasteiger partial charge in [-0.25, -0.2) is 4.79 Å². The van der Waals surface area contributed by atoms with Crippen LogP contribution in [0.15, 0.2) is 60.7 Å². The second kappa shape index (κ2) is 7.55. The van der Waals surface area contributed by atoms with Crippen LogP contribution >= 0.6 is 12.2 Å². The number of carbonyl (C=O) groups is 1. The molecule has 3 nitrogen and oxygen atoms in total. The first kappa shape index (κ1) is 15.2. The van der Waals surface area contributed by atoms with Crippen LogP contribution in [-0.2, 0) is 17.6 Å². The van der Waals surface area contributed by atoms with Gasteiger partial charge in [-0.1, -0.05) is 72.9 Å². The number of hydrogen-bond donors (Lipinski definition) is 2. The highest BCUT2D eigenvalue weighted by Crippen LogP contribution is 2.05. The van der Waals surface area contributed by atoms with Gasteiger partial charge in [-0.05, 0) is 11.1 Å². The van der Waals surface area contributed by atoms with E-state index in [4.69, 9.17) is 12.2 Å². The Morgan fingerprint density at radius 3 is 2.05 bits per heavy atom. The van der Waals surface area contributed by atoms with Gasteiger partial charge in [0.1, 0.15) is 6.04 Å². The van der Waals surface area contributed by atoms with Gasteiger partial charge in [0.05, 0.1) is 4.99 Å². The van der Waals surface area contributed by atoms with Crippen molar-refractivity contribution in [1.82, 2.24) is 5.32 Å². The first-order chi connectivity index (χ1) is 10.1. The minimum absolute atomic E-state index is 0.408. The number of thiocarbonyl (C=S) groups is 1. The molecule has 1 atom stereocenters. The standard InChI is InChI=1S/C17H17NO2S/c19-17(20)15(11-13-7-3-1-4-8-13)18-16(21)12-14-9-5-2-6-10-14/h1-10,15H,11-12H2,(H,18,21)(H,19,20). The fourth-order valence-electron chi connectivity index (χ4n) is 2.08. The fraction of sp³-hybridized carbons (Fsp3) is 0.176. The molecular formula is C17H17NO2S. The van der Waals surface area contributed by atoms with Crippen LogP contribution in [0.2, 0.25) is 0 Å². The zero-order chi connectivity index (χ0) is 15.1. The Balaban J connectivity index is 1.96. The third-order valence-corrected chi connectivity index (χ3v) is 3.39. The number of nitrogens with one attached hydrogen (secondary N) is 1. The molecule has 2 N–H and O–H groups in total. The molecule has 4 heteroatoms. The van der Waals surface area contributed by atoms with Crippen molar-refractivity contribution in [3.63, 3.8) is 0 Å². The Morgan fingerprint density at radius 2 is 1.52 bits per heavy atom. The minimum atomic E-state index is -0.894. The lowest BCUT2D eigenvalue weighted by atomic mass is 10.1. The minimum Gasteiger partial charge on any atom is -0.480 e. The van der Waals surface area contributed by atoms with Gasteiger partial charge in [-0.2, -0.15) is 0 Å². The largest absolute Gasteiger partial charge is 0.480 e. The molecule has 0 heterocycles. The van der Waals surface area contributed by atoms with Crippen molar-refractivity contribution in [3.05, 3.63) is 71.8 Å². The Morgan fingerprint density at radius 1 is 1.00 bits per heavy atom. The number of aliphatic carboxylic acids is 1. The zero-order valence-electron chi connectivity index (χ0n) is 11.5. The fourth-order valence-corrected chi connectivity index (χ4v) is 2.39. The number of carboxylic acids is 1. The van der Waals surface area contributed by atoms with Crippen LogP contribution in [0, 0.1) is 0 Å². The molecular weight excluding hydrogens is 282 g/mol. The average Bonchev–Trinajstić information content (AvgIpc) is 2.48. The molecule has 0 fully saturated rings. The van der Waals surface area contributed by atoms with Crippen LogP contribution in [0.1, 0.15) is 11.1 Å². The summed E-state index contributed by atoms with van der Waals surface area (Å²) < 4.78 is 0. The van der Waals surface area contributed by atoms with E-state index in [1.165, 1.54) is 0 Å². The van der Waals surface area contributed by atoms with Crippen molar-refractivity contribution in [3.8, 4) is 0 Å². The molecule has 0 aliphatic heterocycles. The van der Waals surface area contributed by atoms with Crippen molar-refractivity contribution < 1.29 is 9.90 Å². The van der Waals surface area contributed by atoms with E-state index in [-0.39, 0.29) is 0 Å². The molecule has 0 saturated carbocycles. The summed E-state index contributed by atoms with van der Waals surface area (Å²) in [4.78, 5) is 11.9. The SMILES string of the molecule is O=C(O)C(Cc1ccccc1)NC(=S)Cc1ccccc1. The summed E-state index contributed by atoms with van der Waals surface area (Å²) in [6.07, 6.45) is 0.958. The van der Waals surface area contributed by atoms with E-state index in [2.05, 4.69) is 5.32 Å². The number of benzene rings is 2. The summed E-state index contributed by atoms with van der Waals surface area (Å²) in [5.74, 6) is -0.894. The molecule has 0 radical (unpaired) electrons. The Hall–Kier alpha value is -2.20. The van der Waals surface area contributed by atoms with Crippen molar-refractivity contribution in [2.24, 2.45) is 0 Å². The molecule has 1 unspecified atom stereocenters. The van der Waals surface area contributed by atoms with Crippen molar-refractivity contribution in [2.75, 3.05) is 0 Å². The highest BCUT2D eigenvalue weighted by molar-refractivity contribution is 7.80. The van der Waals surface area contributed by atoms with Gasteiger partial charge in [0.25, 0.3) is 0 Å². The third-order valence-electron chi connectivity index (χ3n) is 3.12. The first-order valence-corrected chi connectivity index (χ1v) is 7.16. The van der Waals surface area contributed by atoms with Gasteiger partial charge < -0.3 is 10.4 Å². The van der Waals surface area contributed by atoms with Crippen molar-refractivity contribution in [2.45, 2.75) is 18.9 Å². The molecule has 0 aliphatic carbocycles. The van der Waals surface area contributed by atoms with E-state index in [0.29, 0.717) is 17.8 Å². The van der Waals surface area contributed by atoms with Gasteiger partial charge >= 0.3 is 5.97 Å². The molecule has 2 aromatic carbocycles. The molecule has 0 spiro atoms. The molecule has 108 valence electrons. The highest BCUT2D eigenvalue weighted by atomic mass is 32.1. The van der Waals surface area contributed by atoms with Gasteiger partial charge in [0, 0.05) is 12.8 Å². The summed E-state index contributed by atoms with van der Waals surface area (Å²) >= 11 is 5.27. The molecule has 0 amide bonds. The van der Waals surface area contributed by atoms with Crippen LogP contribution in [-0.4, -0.2) is 22.1 Å². The van der Waals surface area contributed by atoms with E-state index in [1.54, 1.807) is 0 Å². The van der Waals surface area contributed by atoms with Gasteiger partial charge in [0.2, 0.25) is 0 Å². The molecule has 0 bridgehead atoms. The predicted octanol–water partition coefficient (Wildman–Crippen LogP) is 2.84. The molecule has 2 aromatic rings. The number of rotatable bonds is 6. The highest BCUT2D eigenvalue weighted by Gasteiger charge is 2.18. The lowest BCUT2D eigenvalue weighted by Crippen LogP contribution is -2.42. The molecule has 2 rings (SSSR count). The Bertz CT molecular complexity index is 599. The number of hydrogen-bond acceptors (Lipinski definition) is 2. The Kier molecular flexibility index (Phi) is 5.46. The maximum Gasteiger partial charge on any atom is 0.326 e. The third kappa shape index (κ3) is 5.00. The molecule has 0 aromatic heterocycles. The van der Waals surface area contributed by atoms with Crippen LogP contribution in [0.3, 0.4) is 0 Å². The van der Waals surface area contributed by atoms with Crippen molar-refractivity contribution >= 4 is 23.2 Å². The quantitative estimate of drug-likeness (QED) is 0.805. The van der Waals surface area contributed by atoms with Gasteiger partial charge in [0.15, 0.2) is 0 Å². The van der Waals surface area contributed by atoms with Crippen LogP contribution < -0.4 is 5.32 Å². The topological polar surface area (TPSA) is 49.3 Å². The zero-order valence-corrected chi connectivity index (χ0v) is 12.3. The van der Waals surface area contributed by atoms with Crippen LogP contribution in [0.25, 0.3) is 0 Å². The van der Waals surface area contributed by atoms with E-state index in [0.717, 1.165) is 11.1 Å². The summed E-state index contributed by atoms with van der Waals surface area (Å²) in [5.41, 5.74) is 2.04. The van der Waals surface area contributed by atoms with Crippen LogP contribution in [0.4, 0.5) is 0 Å². The van der Waals surface area contributed by atoms with Crippen molar-refractivity contribution in [1.29, 1.82) is 0 Å². The second-order valence-corrected chi connectivity index (χ2v) is 5.30. The smallest absolute Gasteiger partial charge is 0.326 e. The monoisotopic (exact) mass is 299 g/mol. The summed E-state index contributed by atoms with van der Waals surface area (Å²) in [6.45, 7) is 0.